The van der Waals surface area contributed by atoms with Crippen LogP contribution in [0.2, 0.25) is 0 Å². The third-order valence-electron chi connectivity index (χ3n) is 2.24. The quantitative estimate of drug-likeness (QED) is 0.604. The molecule has 1 aromatic rings. The number of nitrogens with zero attached hydrogens (tertiary/aromatic N) is 1. The second kappa shape index (κ2) is 8.67. The van der Waals surface area contributed by atoms with Gasteiger partial charge in [0.1, 0.15) is 30.4 Å². The Balaban J connectivity index is 2.95. The lowest BCUT2D eigenvalue weighted by Gasteiger charge is -2.09. The second-order valence-corrected chi connectivity index (χ2v) is 4.12. The van der Waals surface area contributed by atoms with Crippen molar-refractivity contribution >= 4 is 11.4 Å². The second-order valence-electron chi connectivity index (χ2n) is 4.12. The molecule has 3 nitrogen and oxygen atoms in total. The summed E-state index contributed by atoms with van der Waals surface area (Å²) in [5.74, 6) is 12.7. The fourth-order valence-corrected chi connectivity index (χ4v) is 1.41. The van der Waals surface area contributed by atoms with Crippen molar-refractivity contribution in [2.24, 2.45) is 4.99 Å². The molecule has 0 fully saturated rings. The maximum absolute atomic E-state index is 5.63. The Hall–Kier alpha value is -2.39. The zero-order valence-electron chi connectivity index (χ0n) is 12.4. The van der Waals surface area contributed by atoms with Gasteiger partial charge in [-0.05, 0) is 39.8 Å². The van der Waals surface area contributed by atoms with Gasteiger partial charge in [-0.15, -0.1) is 11.8 Å². The highest BCUT2D eigenvalue weighted by molar-refractivity contribution is 5.83. The van der Waals surface area contributed by atoms with Crippen LogP contribution < -0.4 is 9.47 Å². The molecule has 0 N–H and O–H groups in total. The minimum Gasteiger partial charge on any atom is -0.481 e. The summed E-state index contributed by atoms with van der Waals surface area (Å²) in [5, 5.41) is 0. The lowest BCUT2D eigenvalue weighted by Crippen LogP contribution is -1.97. The van der Waals surface area contributed by atoms with Crippen LogP contribution >= 0.6 is 0 Å². The molecule has 0 unspecified atom stereocenters. The molecule has 0 amide bonds. The Morgan fingerprint density at radius 1 is 1.05 bits per heavy atom. The number of aliphatic imine (C=N–C) groups is 1. The largest absolute Gasteiger partial charge is 0.481 e. The Kier molecular flexibility index (Phi) is 6.79. The number of rotatable bonds is 5. The van der Waals surface area contributed by atoms with Gasteiger partial charge in [-0.1, -0.05) is 11.8 Å². The Morgan fingerprint density at radius 2 is 1.70 bits per heavy atom. The van der Waals surface area contributed by atoms with Gasteiger partial charge >= 0.3 is 0 Å². The van der Waals surface area contributed by atoms with Crippen LogP contribution in [0.15, 0.2) is 23.2 Å². The maximum Gasteiger partial charge on any atom is 0.150 e. The van der Waals surface area contributed by atoms with E-state index < -0.39 is 0 Å². The van der Waals surface area contributed by atoms with Crippen LogP contribution in [0, 0.1) is 23.7 Å². The van der Waals surface area contributed by atoms with Crippen molar-refractivity contribution < 1.29 is 9.47 Å². The van der Waals surface area contributed by atoms with Crippen molar-refractivity contribution in [1.82, 2.24) is 0 Å². The number of hydrogen-bond donors (Lipinski definition) is 0. The van der Waals surface area contributed by atoms with Crippen LogP contribution in [0.4, 0.5) is 5.69 Å². The summed E-state index contributed by atoms with van der Waals surface area (Å²) in [6.45, 7) is 8.14. The minimum atomic E-state index is 0.333. The van der Waals surface area contributed by atoms with E-state index in [1.807, 2.05) is 32.0 Å². The van der Waals surface area contributed by atoms with E-state index in [1.54, 1.807) is 13.8 Å². The highest BCUT2D eigenvalue weighted by Gasteiger charge is 2.05. The summed E-state index contributed by atoms with van der Waals surface area (Å²) in [5.41, 5.74) is 1.73. The predicted molar refractivity (Wildman–Crippen MR) is 82.8 cm³/mol. The molecule has 1 aromatic carbocycles. The number of hydrogen-bond acceptors (Lipinski definition) is 3. The van der Waals surface area contributed by atoms with Gasteiger partial charge in [0.2, 0.25) is 0 Å². The minimum absolute atomic E-state index is 0.333. The van der Waals surface area contributed by atoms with E-state index in [2.05, 4.69) is 28.7 Å². The average molecular weight is 269 g/mol. The Morgan fingerprint density at radius 3 is 2.30 bits per heavy atom. The van der Waals surface area contributed by atoms with Crippen molar-refractivity contribution in [2.45, 2.75) is 27.7 Å². The number of ether oxygens (including phenoxy) is 2. The SMILES string of the molecule is CC#CCOc1ccc(N=C(C)C)c(OCC#CC)c1. The van der Waals surface area contributed by atoms with Crippen LogP contribution in [0.5, 0.6) is 11.5 Å². The molecule has 0 radical (unpaired) electrons. The van der Waals surface area contributed by atoms with E-state index in [9.17, 15) is 0 Å². The first-order chi connectivity index (χ1) is 9.67. The molecule has 0 aromatic heterocycles. The third-order valence-corrected chi connectivity index (χ3v) is 2.24. The van der Waals surface area contributed by atoms with Gasteiger partial charge in [0.25, 0.3) is 0 Å². The smallest absolute Gasteiger partial charge is 0.150 e. The van der Waals surface area contributed by atoms with E-state index >= 15 is 0 Å². The molecule has 3 heteroatoms. The van der Waals surface area contributed by atoms with E-state index in [0.717, 1.165) is 11.4 Å². The van der Waals surface area contributed by atoms with Gasteiger partial charge in [-0.3, -0.25) is 4.99 Å². The van der Waals surface area contributed by atoms with Crippen molar-refractivity contribution in [3.8, 4) is 35.2 Å². The molecule has 0 aliphatic heterocycles. The van der Waals surface area contributed by atoms with Gasteiger partial charge in [-0.25, -0.2) is 0 Å². The molecule has 0 heterocycles. The summed E-state index contributed by atoms with van der Waals surface area (Å²) < 4.78 is 11.1. The monoisotopic (exact) mass is 269 g/mol. The Bertz CT molecular complexity index is 591. The topological polar surface area (TPSA) is 30.8 Å². The first-order valence-electron chi connectivity index (χ1n) is 6.38. The van der Waals surface area contributed by atoms with Crippen LogP contribution in [-0.2, 0) is 0 Å². The standard InChI is InChI=1S/C17H19NO2/c1-5-7-11-19-15-9-10-16(18-14(3)4)17(13-15)20-12-8-6-2/h9-10,13H,11-12H2,1-4H3. The Labute approximate surface area is 121 Å². The molecule has 20 heavy (non-hydrogen) atoms. The molecular formula is C17H19NO2. The van der Waals surface area contributed by atoms with E-state index in [1.165, 1.54) is 0 Å². The van der Waals surface area contributed by atoms with Gasteiger partial charge in [0, 0.05) is 11.8 Å². The van der Waals surface area contributed by atoms with Gasteiger partial charge in [0.05, 0.1) is 0 Å². The zero-order valence-corrected chi connectivity index (χ0v) is 12.4. The molecule has 104 valence electrons. The highest BCUT2D eigenvalue weighted by atomic mass is 16.5. The van der Waals surface area contributed by atoms with Crippen molar-refractivity contribution in [2.75, 3.05) is 13.2 Å². The first-order valence-corrected chi connectivity index (χ1v) is 6.38. The molecular weight excluding hydrogens is 250 g/mol. The lowest BCUT2D eigenvalue weighted by molar-refractivity contribution is 0.352. The fourth-order valence-electron chi connectivity index (χ4n) is 1.41. The van der Waals surface area contributed by atoms with E-state index in [-0.39, 0.29) is 0 Å². The van der Waals surface area contributed by atoms with Crippen LogP contribution in [0.3, 0.4) is 0 Å². The van der Waals surface area contributed by atoms with Gasteiger partial charge in [0.15, 0.2) is 0 Å². The molecule has 0 atom stereocenters. The average Bonchev–Trinajstić information content (AvgIpc) is 2.41. The summed E-state index contributed by atoms with van der Waals surface area (Å²) in [4.78, 5) is 4.44. The van der Waals surface area contributed by atoms with Crippen LogP contribution in [-0.4, -0.2) is 18.9 Å². The van der Waals surface area contributed by atoms with Crippen molar-refractivity contribution in [1.29, 1.82) is 0 Å². The molecule has 0 saturated carbocycles. The van der Waals surface area contributed by atoms with E-state index in [4.69, 9.17) is 9.47 Å². The fraction of sp³-hybridized carbons (Fsp3) is 0.353. The summed E-state index contributed by atoms with van der Waals surface area (Å²) in [6.07, 6.45) is 0. The van der Waals surface area contributed by atoms with Crippen LogP contribution in [0.25, 0.3) is 0 Å². The molecule has 0 saturated heterocycles. The molecule has 0 aliphatic rings. The third kappa shape index (κ3) is 5.50. The molecule has 0 aliphatic carbocycles. The van der Waals surface area contributed by atoms with Crippen LogP contribution in [0.1, 0.15) is 27.7 Å². The van der Waals surface area contributed by atoms with Gasteiger partial charge in [-0.2, -0.15) is 0 Å². The molecule has 0 bridgehead atoms. The molecule has 1 rings (SSSR count). The van der Waals surface area contributed by atoms with E-state index in [0.29, 0.717) is 24.7 Å². The summed E-state index contributed by atoms with van der Waals surface area (Å²) >= 11 is 0. The summed E-state index contributed by atoms with van der Waals surface area (Å²) in [6, 6.07) is 5.55. The number of benzene rings is 1. The van der Waals surface area contributed by atoms with Crippen molar-refractivity contribution in [3.05, 3.63) is 18.2 Å². The summed E-state index contributed by atoms with van der Waals surface area (Å²) in [7, 11) is 0. The normalized spacial score (nSPS) is 8.60. The first kappa shape index (κ1) is 15.7. The highest BCUT2D eigenvalue weighted by Crippen LogP contribution is 2.32. The predicted octanol–water partition coefficient (Wildman–Crippen LogP) is 3.60. The lowest BCUT2D eigenvalue weighted by atomic mass is 10.2. The van der Waals surface area contributed by atoms with Crippen molar-refractivity contribution in [3.63, 3.8) is 0 Å². The van der Waals surface area contributed by atoms with Gasteiger partial charge < -0.3 is 9.47 Å². The maximum atomic E-state index is 5.63. The molecule has 0 spiro atoms. The zero-order chi connectivity index (χ0) is 14.8.